The molecule has 0 radical (unpaired) electrons. The largest absolute Gasteiger partial charge is 0.354 e. The molecule has 0 aromatic carbocycles. The normalized spacial score (nSPS) is 16.5. The minimum Gasteiger partial charge on any atom is -0.354 e. The molecule has 2 aromatic heterocycles. The highest BCUT2D eigenvalue weighted by molar-refractivity contribution is 7.88. The molecule has 0 atom stereocenters. The van der Waals surface area contributed by atoms with Crippen LogP contribution in [0.4, 0.5) is 0 Å². The third-order valence-electron chi connectivity index (χ3n) is 4.50. The van der Waals surface area contributed by atoms with Gasteiger partial charge in [0.25, 0.3) is 0 Å². The molecule has 3 rings (SSSR count). The molecule has 0 saturated carbocycles. The Bertz CT molecular complexity index is 842. The number of sulfonamides is 1. The second-order valence-corrected chi connectivity index (χ2v) is 8.39. The summed E-state index contributed by atoms with van der Waals surface area (Å²) in [6, 6.07) is 7.56. The lowest BCUT2D eigenvalue weighted by molar-refractivity contribution is -0.126. The fourth-order valence-electron chi connectivity index (χ4n) is 3.02. The summed E-state index contributed by atoms with van der Waals surface area (Å²) < 4.78 is 26.2. The van der Waals surface area contributed by atoms with Crippen LogP contribution in [-0.4, -0.2) is 59.3 Å². The maximum atomic E-state index is 12.3. The molecule has 1 amide bonds. The van der Waals surface area contributed by atoms with Gasteiger partial charge in [-0.25, -0.2) is 12.7 Å². The summed E-state index contributed by atoms with van der Waals surface area (Å²) in [6.07, 6.45) is 5.91. The lowest BCUT2D eigenvalue weighted by Crippen LogP contribution is -2.43. The Kier molecular flexibility index (Phi) is 5.67. The Morgan fingerprint density at radius 3 is 2.65 bits per heavy atom. The first kappa shape index (κ1) is 18.5. The van der Waals surface area contributed by atoms with E-state index in [1.54, 1.807) is 10.9 Å². The molecule has 140 valence electrons. The van der Waals surface area contributed by atoms with Gasteiger partial charge in [0, 0.05) is 37.9 Å². The molecule has 2 aromatic rings. The number of rotatable bonds is 6. The van der Waals surface area contributed by atoms with E-state index in [4.69, 9.17) is 0 Å². The van der Waals surface area contributed by atoms with Crippen molar-refractivity contribution in [3.63, 3.8) is 0 Å². The molecule has 0 spiro atoms. The van der Waals surface area contributed by atoms with Crippen molar-refractivity contribution < 1.29 is 13.2 Å². The van der Waals surface area contributed by atoms with Gasteiger partial charge >= 0.3 is 0 Å². The summed E-state index contributed by atoms with van der Waals surface area (Å²) in [5, 5.41) is 7.38. The number of carbonyl (C=O) groups excluding carboxylic acids is 1. The van der Waals surface area contributed by atoms with E-state index in [2.05, 4.69) is 15.4 Å². The number of amides is 1. The van der Waals surface area contributed by atoms with E-state index in [0.717, 1.165) is 11.4 Å². The first-order chi connectivity index (χ1) is 12.4. The minimum absolute atomic E-state index is 0.0183. The lowest BCUT2D eigenvalue weighted by atomic mass is 9.97. The van der Waals surface area contributed by atoms with Crippen LogP contribution in [0.5, 0.6) is 0 Å². The summed E-state index contributed by atoms with van der Waals surface area (Å²) in [4.78, 5) is 16.5. The molecule has 1 aliphatic rings. The molecule has 26 heavy (non-hydrogen) atoms. The molecule has 1 fully saturated rings. The van der Waals surface area contributed by atoms with Gasteiger partial charge in [0.1, 0.15) is 5.69 Å². The first-order valence-electron chi connectivity index (χ1n) is 8.61. The fraction of sp³-hybridized carbons (Fsp3) is 0.471. The summed E-state index contributed by atoms with van der Waals surface area (Å²) in [7, 11) is -3.16. The van der Waals surface area contributed by atoms with Crippen LogP contribution < -0.4 is 5.32 Å². The summed E-state index contributed by atoms with van der Waals surface area (Å²) in [5.41, 5.74) is 1.61. The van der Waals surface area contributed by atoms with Crippen molar-refractivity contribution >= 4 is 15.9 Å². The third kappa shape index (κ3) is 4.67. The van der Waals surface area contributed by atoms with Gasteiger partial charge in [-0.15, -0.1) is 0 Å². The summed E-state index contributed by atoms with van der Waals surface area (Å²) in [5.74, 6) is -0.148. The first-order valence-corrected chi connectivity index (χ1v) is 10.5. The zero-order valence-electron chi connectivity index (χ0n) is 14.7. The molecule has 1 saturated heterocycles. The van der Waals surface area contributed by atoms with Crippen LogP contribution in [0.3, 0.4) is 0 Å². The average Bonchev–Trinajstić information content (AvgIpc) is 3.11. The van der Waals surface area contributed by atoms with Crippen molar-refractivity contribution in [3.05, 3.63) is 36.7 Å². The van der Waals surface area contributed by atoms with Gasteiger partial charge in [-0.2, -0.15) is 5.10 Å². The van der Waals surface area contributed by atoms with Crippen LogP contribution in [0.1, 0.15) is 12.8 Å². The molecule has 8 nitrogen and oxygen atoms in total. The highest BCUT2D eigenvalue weighted by Crippen LogP contribution is 2.19. The van der Waals surface area contributed by atoms with Crippen LogP contribution in [0.15, 0.2) is 36.7 Å². The Balaban J connectivity index is 1.44. The number of pyridine rings is 1. The maximum Gasteiger partial charge on any atom is 0.223 e. The van der Waals surface area contributed by atoms with Gasteiger partial charge in [0.15, 0.2) is 0 Å². The van der Waals surface area contributed by atoms with E-state index >= 15 is 0 Å². The Morgan fingerprint density at radius 2 is 2.00 bits per heavy atom. The number of piperidine rings is 1. The molecule has 9 heteroatoms. The number of nitrogens with zero attached hydrogens (tertiary/aromatic N) is 4. The molecular formula is C17H23N5O3S. The molecule has 3 heterocycles. The predicted molar refractivity (Wildman–Crippen MR) is 97.6 cm³/mol. The highest BCUT2D eigenvalue weighted by Gasteiger charge is 2.28. The third-order valence-corrected chi connectivity index (χ3v) is 5.81. The molecule has 0 unspecified atom stereocenters. The van der Waals surface area contributed by atoms with Crippen molar-refractivity contribution in [2.45, 2.75) is 19.4 Å². The monoisotopic (exact) mass is 377 g/mol. The highest BCUT2D eigenvalue weighted by atomic mass is 32.2. The van der Waals surface area contributed by atoms with Gasteiger partial charge in [0.2, 0.25) is 15.9 Å². The van der Waals surface area contributed by atoms with Gasteiger partial charge in [-0.05, 0) is 31.0 Å². The average molecular weight is 377 g/mol. The summed E-state index contributed by atoms with van der Waals surface area (Å²) in [6.45, 7) is 1.86. The van der Waals surface area contributed by atoms with E-state index in [1.807, 2.05) is 30.5 Å². The van der Waals surface area contributed by atoms with Crippen molar-refractivity contribution in [1.82, 2.24) is 24.4 Å². The zero-order chi connectivity index (χ0) is 18.6. The smallest absolute Gasteiger partial charge is 0.223 e. The minimum atomic E-state index is -3.16. The number of nitrogens with one attached hydrogen (secondary N) is 1. The Morgan fingerprint density at radius 1 is 1.23 bits per heavy atom. The quantitative estimate of drug-likeness (QED) is 0.801. The van der Waals surface area contributed by atoms with Crippen LogP contribution >= 0.6 is 0 Å². The van der Waals surface area contributed by atoms with Crippen LogP contribution in [0, 0.1) is 5.92 Å². The molecule has 1 N–H and O–H groups in total. The second kappa shape index (κ2) is 7.96. The molecule has 0 bridgehead atoms. The van der Waals surface area contributed by atoms with Crippen LogP contribution in [0.2, 0.25) is 0 Å². The number of hydrogen-bond donors (Lipinski definition) is 1. The van der Waals surface area contributed by atoms with E-state index in [1.165, 1.54) is 10.6 Å². The van der Waals surface area contributed by atoms with Gasteiger partial charge in [0.05, 0.1) is 18.5 Å². The van der Waals surface area contributed by atoms with Gasteiger partial charge < -0.3 is 5.32 Å². The Hall–Kier alpha value is -2.26. The molecule has 0 aliphatic carbocycles. The van der Waals surface area contributed by atoms with Crippen molar-refractivity contribution in [3.8, 4) is 11.4 Å². The predicted octanol–water partition coefficient (Wildman–Crippen LogP) is 0.733. The summed E-state index contributed by atoms with van der Waals surface area (Å²) >= 11 is 0. The number of hydrogen-bond acceptors (Lipinski definition) is 5. The van der Waals surface area contributed by atoms with E-state index < -0.39 is 10.0 Å². The lowest BCUT2D eigenvalue weighted by Gasteiger charge is -2.29. The fourth-order valence-corrected chi connectivity index (χ4v) is 3.90. The van der Waals surface area contributed by atoms with E-state index in [-0.39, 0.29) is 11.8 Å². The van der Waals surface area contributed by atoms with Crippen molar-refractivity contribution in [1.29, 1.82) is 0 Å². The maximum absolute atomic E-state index is 12.3. The molecule has 1 aliphatic heterocycles. The van der Waals surface area contributed by atoms with Crippen LogP contribution in [0.25, 0.3) is 11.4 Å². The van der Waals surface area contributed by atoms with Crippen molar-refractivity contribution in [2.75, 3.05) is 25.9 Å². The van der Waals surface area contributed by atoms with Gasteiger partial charge in [-0.3, -0.25) is 14.5 Å². The topological polar surface area (TPSA) is 97.2 Å². The van der Waals surface area contributed by atoms with E-state index in [9.17, 15) is 13.2 Å². The van der Waals surface area contributed by atoms with Crippen LogP contribution in [-0.2, 0) is 21.4 Å². The zero-order valence-corrected chi connectivity index (χ0v) is 15.5. The molecular weight excluding hydrogens is 354 g/mol. The Labute approximate surface area is 153 Å². The SMILES string of the molecule is CS(=O)(=O)N1CCC(C(=O)NCCn2ccc(-c3ccccn3)n2)CC1. The number of carbonyl (C=O) groups is 1. The standard InChI is InChI=1S/C17H23N5O3S/c1-26(24,25)22-11-5-14(6-12-22)17(23)19-9-13-21-10-7-16(20-21)15-4-2-3-8-18-15/h2-4,7-8,10,14H,5-6,9,11-13H2,1H3,(H,19,23). The number of aromatic nitrogens is 3. The van der Waals surface area contributed by atoms with E-state index in [0.29, 0.717) is 39.0 Å². The van der Waals surface area contributed by atoms with Crippen molar-refractivity contribution in [2.24, 2.45) is 5.92 Å². The van der Waals surface area contributed by atoms with Gasteiger partial charge in [-0.1, -0.05) is 6.07 Å². The second-order valence-electron chi connectivity index (χ2n) is 6.41.